The van der Waals surface area contributed by atoms with Crippen molar-refractivity contribution in [2.24, 2.45) is 5.92 Å². The van der Waals surface area contributed by atoms with Crippen molar-refractivity contribution in [3.63, 3.8) is 0 Å². The first kappa shape index (κ1) is 15.8. The molecule has 1 atom stereocenters. The maximum atomic E-state index is 13.3. The van der Waals surface area contributed by atoms with Crippen LogP contribution in [0.1, 0.15) is 30.6 Å². The molecule has 1 aromatic rings. The highest BCUT2D eigenvalue weighted by molar-refractivity contribution is 6.21. The summed E-state index contributed by atoms with van der Waals surface area (Å²) >= 11 is 5.95. The molecule has 0 spiro atoms. The lowest BCUT2D eigenvalue weighted by Crippen LogP contribution is -2.31. The molecule has 0 saturated carbocycles. The van der Waals surface area contributed by atoms with Gasteiger partial charge in [0.2, 0.25) is 0 Å². The predicted molar refractivity (Wildman–Crippen MR) is 67.7 cm³/mol. The smallest absolute Gasteiger partial charge is 0.257 e. The van der Waals surface area contributed by atoms with E-state index in [1.165, 1.54) is 0 Å². The van der Waals surface area contributed by atoms with Crippen LogP contribution in [0.25, 0.3) is 0 Å². The standard InChI is InChI=1S/C13H15ClF3NO/c1-7(2)3-8(14)6-18-13(19)12-10(16)4-9(15)5-11(12)17/h4-5,7-8H,3,6H2,1-2H3,(H,18,19). The third kappa shape index (κ3) is 4.74. The Hall–Kier alpha value is -1.23. The van der Waals surface area contributed by atoms with Crippen LogP contribution in [0.4, 0.5) is 13.2 Å². The van der Waals surface area contributed by atoms with Crippen LogP contribution in [0, 0.1) is 23.4 Å². The number of carbonyl (C=O) groups is 1. The van der Waals surface area contributed by atoms with Crippen LogP contribution in [-0.4, -0.2) is 17.8 Å². The normalized spacial score (nSPS) is 12.6. The van der Waals surface area contributed by atoms with Gasteiger partial charge in [0.25, 0.3) is 5.91 Å². The second-order valence-corrected chi connectivity index (χ2v) is 5.30. The molecular formula is C13H15ClF3NO. The number of hydrogen-bond acceptors (Lipinski definition) is 1. The Morgan fingerprint density at radius 1 is 1.26 bits per heavy atom. The molecule has 0 aromatic heterocycles. The monoisotopic (exact) mass is 293 g/mol. The lowest BCUT2D eigenvalue weighted by Gasteiger charge is -2.13. The van der Waals surface area contributed by atoms with Gasteiger partial charge >= 0.3 is 0 Å². The molecule has 1 rings (SSSR count). The van der Waals surface area contributed by atoms with Crippen molar-refractivity contribution in [2.45, 2.75) is 25.6 Å². The van der Waals surface area contributed by atoms with Crippen LogP contribution in [0.2, 0.25) is 0 Å². The molecule has 2 nitrogen and oxygen atoms in total. The lowest BCUT2D eigenvalue weighted by atomic mass is 10.1. The van der Waals surface area contributed by atoms with E-state index in [-0.39, 0.29) is 11.9 Å². The van der Waals surface area contributed by atoms with Crippen molar-refractivity contribution in [3.05, 3.63) is 35.1 Å². The van der Waals surface area contributed by atoms with Crippen molar-refractivity contribution >= 4 is 17.5 Å². The number of nitrogens with one attached hydrogen (secondary N) is 1. The van der Waals surface area contributed by atoms with Gasteiger partial charge in [-0.05, 0) is 12.3 Å². The fourth-order valence-electron chi connectivity index (χ4n) is 1.65. The molecule has 6 heteroatoms. The minimum atomic E-state index is -1.23. The van der Waals surface area contributed by atoms with Gasteiger partial charge < -0.3 is 5.32 Å². The summed E-state index contributed by atoms with van der Waals surface area (Å²) in [5.41, 5.74) is -0.796. The lowest BCUT2D eigenvalue weighted by molar-refractivity contribution is 0.0944. The molecule has 0 bridgehead atoms. The van der Waals surface area contributed by atoms with E-state index in [0.29, 0.717) is 24.5 Å². The summed E-state index contributed by atoms with van der Waals surface area (Å²) in [6.45, 7) is 4.03. The van der Waals surface area contributed by atoms with Crippen LogP contribution in [0.15, 0.2) is 12.1 Å². The molecule has 1 N–H and O–H groups in total. The van der Waals surface area contributed by atoms with E-state index in [0.717, 1.165) is 0 Å². The van der Waals surface area contributed by atoms with Gasteiger partial charge in [0.15, 0.2) is 0 Å². The van der Waals surface area contributed by atoms with E-state index < -0.39 is 28.9 Å². The molecule has 1 amide bonds. The molecule has 0 aliphatic heterocycles. The van der Waals surface area contributed by atoms with Crippen molar-refractivity contribution in [1.29, 1.82) is 0 Å². The first-order valence-electron chi connectivity index (χ1n) is 5.88. The second kappa shape index (κ2) is 6.80. The van der Waals surface area contributed by atoms with Gasteiger partial charge in [0.05, 0.1) is 5.38 Å². The van der Waals surface area contributed by atoms with Crippen molar-refractivity contribution in [1.82, 2.24) is 5.32 Å². The molecule has 0 saturated heterocycles. The third-order valence-corrected chi connectivity index (χ3v) is 2.78. The molecule has 1 aromatic carbocycles. The molecule has 19 heavy (non-hydrogen) atoms. The second-order valence-electron chi connectivity index (χ2n) is 4.68. The Bertz CT molecular complexity index is 442. The van der Waals surface area contributed by atoms with E-state index in [1.54, 1.807) is 0 Å². The molecular weight excluding hydrogens is 279 g/mol. The van der Waals surface area contributed by atoms with Gasteiger partial charge in [-0.2, -0.15) is 0 Å². The maximum Gasteiger partial charge on any atom is 0.257 e. The highest BCUT2D eigenvalue weighted by Crippen LogP contribution is 2.15. The van der Waals surface area contributed by atoms with Gasteiger partial charge in [-0.25, -0.2) is 13.2 Å². The highest BCUT2D eigenvalue weighted by atomic mass is 35.5. The minimum Gasteiger partial charge on any atom is -0.350 e. The molecule has 1 unspecified atom stereocenters. The van der Waals surface area contributed by atoms with Crippen molar-refractivity contribution in [3.8, 4) is 0 Å². The SMILES string of the molecule is CC(C)CC(Cl)CNC(=O)c1c(F)cc(F)cc1F. The van der Waals surface area contributed by atoms with Gasteiger partial charge in [-0.15, -0.1) is 11.6 Å². The summed E-state index contributed by atoms with van der Waals surface area (Å²) in [5.74, 6) is -4.13. The summed E-state index contributed by atoms with van der Waals surface area (Å²) in [5, 5.41) is 2.01. The summed E-state index contributed by atoms with van der Waals surface area (Å²) in [6, 6.07) is 0.925. The van der Waals surface area contributed by atoms with E-state index in [4.69, 9.17) is 11.6 Å². The quantitative estimate of drug-likeness (QED) is 0.827. The van der Waals surface area contributed by atoms with Crippen molar-refractivity contribution < 1.29 is 18.0 Å². The van der Waals surface area contributed by atoms with Crippen molar-refractivity contribution in [2.75, 3.05) is 6.54 Å². The zero-order chi connectivity index (χ0) is 14.6. The number of halogens is 4. The molecule has 0 aliphatic rings. The number of alkyl halides is 1. The van der Waals surface area contributed by atoms with Gasteiger partial charge in [0, 0.05) is 18.7 Å². The molecule has 0 heterocycles. The molecule has 106 valence electrons. The highest BCUT2D eigenvalue weighted by Gasteiger charge is 2.19. The number of rotatable bonds is 5. The fourth-order valence-corrected chi connectivity index (χ4v) is 2.08. The van der Waals surface area contributed by atoms with Crippen LogP contribution in [0.5, 0.6) is 0 Å². The number of amides is 1. The van der Waals surface area contributed by atoms with E-state index in [9.17, 15) is 18.0 Å². The Labute approximate surface area is 114 Å². The number of hydrogen-bond donors (Lipinski definition) is 1. The summed E-state index contributed by atoms with van der Waals surface area (Å²) in [7, 11) is 0. The Balaban J connectivity index is 2.69. The molecule has 0 radical (unpaired) electrons. The average molecular weight is 294 g/mol. The largest absolute Gasteiger partial charge is 0.350 e. The molecule has 0 fully saturated rings. The minimum absolute atomic E-state index is 0.0921. The Morgan fingerprint density at radius 2 is 1.79 bits per heavy atom. The predicted octanol–water partition coefficient (Wildman–Crippen LogP) is 3.49. The average Bonchev–Trinajstić information content (AvgIpc) is 2.23. The Morgan fingerprint density at radius 3 is 2.26 bits per heavy atom. The summed E-state index contributed by atoms with van der Waals surface area (Å²) in [4.78, 5) is 11.6. The van der Waals surface area contributed by atoms with Crippen LogP contribution in [0.3, 0.4) is 0 Å². The molecule has 0 aliphatic carbocycles. The van der Waals surface area contributed by atoms with E-state index in [1.807, 2.05) is 13.8 Å². The number of benzene rings is 1. The summed E-state index contributed by atoms with van der Waals surface area (Å²) in [6.07, 6.45) is 0.663. The van der Waals surface area contributed by atoms with Crippen LogP contribution in [-0.2, 0) is 0 Å². The third-order valence-electron chi connectivity index (χ3n) is 2.45. The first-order valence-corrected chi connectivity index (χ1v) is 6.31. The van der Waals surface area contributed by atoms with Crippen LogP contribution >= 0.6 is 11.6 Å². The van der Waals surface area contributed by atoms with Crippen LogP contribution < -0.4 is 5.32 Å². The maximum absolute atomic E-state index is 13.3. The topological polar surface area (TPSA) is 29.1 Å². The zero-order valence-electron chi connectivity index (χ0n) is 10.6. The van der Waals surface area contributed by atoms with Gasteiger partial charge in [0.1, 0.15) is 23.0 Å². The fraction of sp³-hybridized carbons (Fsp3) is 0.462. The van der Waals surface area contributed by atoms with Gasteiger partial charge in [-0.3, -0.25) is 4.79 Å². The van der Waals surface area contributed by atoms with Gasteiger partial charge in [-0.1, -0.05) is 13.8 Å². The Kier molecular flexibility index (Phi) is 5.66. The first-order chi connectivity index (χ1) is 8.81. The number of carbonyl (C=O) groups excluding carboxylic acids is 1. The summed E-state index contributed by atoms with van der Waals surface area (Å²) < 4.78 is 39.3. The zero-order valence-corrected chi connectivity index (χ0v) is 11.4. The van der Waals surface area contributed by atoms with E-state index in [2.05, 4.69) is 5.32 Å². The van der Waals surface area contributed by atoms with E-state index >= 15 is 0 Å².